The number of hydrogen-bond donors (Lipinski definition) is 3. The van der Waals surface area contributed by atoms with Crippen molar-refractivity contribution in [3.63, 3.8) is 0 Å². The topological polar surface area (TPSA) is 73.5 Å². The van der Waals surface area contributed by atoms with Gasteiger partial charge in [-0.2, -0.15) is 0 Å². The zero-order valence-corrected chi connectivity index (χ0v) is 17.5. The number of rotatable bonds is 7. The first kappa shape index (κ1) is 20.4. The van der Waals surface area contributed by atoms with Gasteiger partial charge in [-0.05, 0) is 75.5 Å². The molecule has 1 saturated carbocycles. The number of benzene rings is 2. The Labute approximate surface area is 178 Å². The summed E-state index contributed by atoms with van der Waals surface area (Å²) in [4.78, 5) is 27.0. The van der Waals surface area contributed by atoms with Crippen molar-refractivity contribution in [1.82, 2.24) is 15.5 Å². The minimum Gasteiger partial charge on any atom is -0.350 e. The fourth-order valence-electron chi connectivity index (χ4n) is 3.88. The molecule has 2 aliphatic rings. The second kappa shape index (κ2) is 9.30. The highest BCUT2D eigenvalue weighted by Crippen LogP contribution is 2.25. The van der Waals surface area contributed by atoms with Gasteiger partial charge in [-0.3, -0.25) is 9.69 Å². The normalized spacial score (nSPS) is 17.4. The smallest absolute Gasteiger partial charge is 0.319 e. The molecule has 2 aromatic carbocycles. The Balaban J connectivity index is 1.35. The number of carbonyl (C=O) groups excluding carboxylic acids is 2. The Kier molecular flexibility index (Phi) is 6.33. The van der Waals surface area contributed by atoms with Crippen molar-refractivity contribution in [3.05, 3.63) is 65.2 Å². The van der Waals surface area contributed by atoms with Crippen LogP contribution in [0.1, 0.15) is 53.2 Å². The summed E-state index contributed by atoms with van der Waals surface area (Å²) in [6.07, 6.45) is 4.51. The molecule has 0 bridgehead atoms. The van der Waals surface area contributed by atoms with Crippen LogP contribution in [0.3, 0.4) is 0 Å². The van der Waals surface area contributed by atoms with E-state index in [1.807, 2.05) is 0 Å². The van der Waals surface area contributed by atoms with E-state index in [4.69, 9.17) is 0 Å². The summed E-state index contributed by atoms with van der Waals surface area (Å²) >= 11 is 0. The molecule has 30 heavy (non-hydrogen) atoms. The van der Waals surface area contributed by atoms with Crippen molar-refractivity contribution >= 4 is 17.6 Å². The molecule has 3 N–H and O–H groups in total. The van der Waals surface area contributed by atoms with Crippen LogP contribution in [0.2, 0.25) is 0 Å². The lowest BCUT2D eigenvalue weighted by molar-refractivity contribution is 0.0938. The second-order valence-corrected chi connectivity index (χ2v) is 8.33. The SMILES string of the molecule is Cc1ccc(C(CNC(=O)c2ccc(NC(=O)NC3CC3)cc2)N2CCCC2)cc1. The highest BCUT2D eigenvalue weighted by Gasteiger charge is 2.24. The first-order chi connectivity index (χ1) is 14.6. The van der Waals surface area contributed by atoms with E-state index in [0.29, 0.717) is 23.8 Å². The average molecular weight is 407 g/mol. The maximum Gasteiger partial charge on any atom is 0.319 e. The third-order valence-electron chi connectivity index (χ3n) is 5.82. The number of aryl methyl sites for hydroxylation is 1. The Bertz CT molecular complexity index is 869. The van der Waals surface area contributed by atoms with Gasteiger partial charge in [0.2, 0.25) is 0 Å². The van der Waals surface area contributed by atoms with Crippen LogP contribution in [0.15, 0.2) is 48.5 Å². The summed E-state index contributed by atoms with van der Waals surface area (Å²) < 4.78 is 0. The molecule has 1 aliphatic heterocycles. The highest BCUT2D eigenvalue weighted by molar-refractivity contribution is 5.95. The third-order valence-corrected chi connectivity index (χ3v) is 5.82. The largest absolute Gasteiger partial charge is 0.350 e. The summed E-state index contributed by atoms with van der Waals surface area (Å²) in [6.45, 7) is 4.80. The fourth-order valence-corrected chi connectivity index (χ4v) is 3.88. The summed E-state index contributed by atoms with van der Waals surface area (Å²) in [5, 5.41) is 8.79. The minimum absolute atomic E-state index is 0.0970. The van der Waals surface area contributed by atoms with Gasteiger partial charge in [0, 0.05) is 23.8 Å². The van der Waals surface area contributed by atoms with Gasteiger partial charge in [-0.25, -0.2) is 4.79 Å². The van der Waals surface area contributed by atoms with Crippen molar-refractivity contribution in [2.45, 2.75) is 44.7 Å². The number of anilines is 1. The number of carbonyl (C=O) groups is 2. The van der Waals surface area contributed by atoms with Gasteiger partial charge in [0.25, 0.3) is 5.91 Å². The highest BCUT2D eigenvalue weighted by atomic mass is 16.2. The van der Waals surface area contributed by atoms with E-state index < -0.39 is 0 Å². The lowest BCUT2D eigenvalue weighted by atomic mass is 10.0. The van der Waals surface area contributed by atoms with E-state index in [2.05, 4.69) is 52.0 Å². The van der Waals surface area contributed by atoms with Gasteiger partial charge in [-0.1, -0.05) is 29.8 Å². The number of amides is 3. The zero-order chi connectivity index (χ0) is 20.9. The molecule has 1 heterocycles. The molecule has 158 valence electrons. The van der Waals surface area contributed by atoms with Crippen LogP contribution >= 0.6 is 0 Å². The van der Waals surface area contributed by atoms with Gasteiger partial charge in [-0.15, -0.1) is 0 Å². The van der Waals surface area contributed by atoms with E-state index in [0.717, 1.165) is 25.9 Å². The van der Waals surface area contributed by atoms with Crippen LogP contribution in [0.5, 0.6) is 0 Å². The van der Waals surface area contributed by atoms with Gasteiger partial charge < -0.3 is 16.0 Å². The summed E-state index contributed by atoms with van der Waals surface area (Å²) in [6, 6.07) is 15.9. The van der Waals surface area contributed by atoms with Gasteiger partial charge in [0.1, 0.15) is 0 Å². The van der Waals surface area contributed by atoms with Gasteiger partial charge in [0.05, 0.1) is 6.04 Å². The fraction of sp³-hybridized carbons (Fsp3) is 0.417. The predicted molar refractivity (Wildman–Crippen MR) is 119 cm³/mol. The van der Waals surface area contributed by atoms with Crippen molar-refractivity contribution in [2.75, 3.05) is 25.0 Å². The quantitative estimate of drug-likeness (QED) is 0.654. The molecule has 1 unspecified atom stereocenters. The molecule has 0 radical (unpaired) electrons. The number of urea groups is 1. The van der Waals surface area contributed by atoms with E-state index >= 15 is 0 Å². The number of hydrogen-bond acceptors (Lipinski definition) is 3. The maximum absolute atomic E-state index is 12.7. The molecular formula is C24H30N4O2. The first-order valence-corrected chi connectivity index (χ1v) is 10.8. The molecule has 3 amide bonds. The Hall–Kier alpha value is -2.86. The van der Waals surface area contributed by atoms with E-state index in [1.54, 1.807) is 24.3 Å². The Morgan fingerprint density at radius 3 is 2.30 bits per heavy atom. The van der Waals surface area contributed by atoms with Crippen molar-refractivity contribution in [1.29, 1.82) is 0 Å². The van der Waals surface area contributed by atoms with Crippen molar-refractivity contribution in [2.24, 2.45) is 0 Å². The number of likely N-dealkylation sites (tertiary alicyclic amines) is 1. The molecule has 0 spiro atoms. The van der Waals surface area contributed by atoms with Crippen molar-refractivity contribution in [3.8, 4) is 0 Å². The lowest BCUT2D eigenvalue weighted by Gasteiger charge is -2.28. The Morgan fingerprint density at radius 2 is 1.67 bits per heavy atom. The third kappa shape index (κ3) is 5.39. The van der Waals surface area contributed by atoms with Crippen LogP contribution in [0.4, 0.5) is 10.5 Å². The second-order valence-electron chi connectivity index (χ2n) is 8.33. The molecule has 6 nitrogen and oxygen atoms in total. The van der Waals surface area contributed by atoms with Crippen LogP contribution in [0, 0.1) is 6.92 Å². The molecule has 2 fully saturated rings. The monoisotopic (exact) mass is 406 g/mol. The molecule has 1 aliphatic carbocycles. The van der Waals surface area contributed by atoms with Crippen LogP contribution in [-0.2, 0) is 0 Å². The van der Waals surface area contributed by atoms with Crippen LogP contribution in [0.25, 0.3) is 0 Å². The van der Waals surface area contributed by atoms with E-state index in [1.165, 1.54) is 24.0 Å². The van der Waals surface area contributed by atoms with Crippen LogP contribution in [-0.4, -0.2) is 42.5 Å². The standard InChI is InChI=1S/C24H30N4O2/c1-17-4-6-18(7-5-17)22(28-14-2-3-15-28)16-25-23(29)19-8-10-20(11-9-19)26-24(30)27-21-12-13-21/h4-11,21-22H,2-3,12-16H2,1H3,(H,25,29)(H2,26,27,30). The molecule has 1 atom stereocenters. The maximum atomic E-state index is 12.7. The van der Waals surface area contributed by atoms with Crippen LogP contribution < -0.4 is 16.0 Å². The molecular weight excluding hydrogens is 376 g/mol. The summed E-state index contributed by atoms with van der Waals surface area (Å²) in [5.74, 6) is -0.0970. The number of nitrogens with zero attached hydrogens (tertiary/aromatic N) is 1. The zero-order valence-electron chi connectivity index (χ0n) is 17.5. The molecule has 1 saturated heterocycles. The first-order valence-electron chi connectivity index (χ1n) is 10.8. The molecule has 0 aromatic heterocycles. The Morgan fingerprint density at radius 1 is 1.00 bits per heavy atom. The lowest BCUT2D eigenvalue weighted by Crippen LogP contribution is -2.36. The number of nitrogens with one attached hydrogen (secondary N) is 3. The summed E-state index contributed by atoms with van der Waals surface area (Å²) in [7, 11) is 0. The predicted octanol–water partition coefficient (Wildman–Crippen LogP) is 3.85. The van der Waals surface area contributed by atoms with Gasteiger partial charge >= 0.3 is 6.03 Å². The molecule has 6 heteroatoms. The van der Waals surface area contributed by atoms with Gasteiger partial charge in [0.15, 0.2) is 0 Å². The van der Waals surface area contributed by atoms with E-state index in [-0.39, 0.29) is 18.0 Å². The minimum atomic E-state index is -0.193. The average Bonchev–Trinajstić information content (AvgIpc) is 3.39. The molecule has 4 rings (SSSR count). The summed E-state index contributed by atoms with van der Waals surface area (Å²) in [5.41, 5.74) is 3.75. The molecule has 2 aromatic rings. The van der Waals surface area contributed by atoms with E-state index in [9.17, 15) is 9.59 Å². The van der Waals surface area contributed by atoms with Crippen molar-refractivity contribution < 1.29 is 9.59 Å².